The number of carbonyl (C=O) groups excluding carboxylic acids is 2. The minimum Gasteiger partial charge on any atom is -0.494 e. The second-order valence-electron chi connectivity index (χ2n) is 6.82. The number of hydrogen-bond acceptors (Lipinski definition) is 7. The van der Waals surface area contributed by atoms with Gasteiger partial charge in [0.05, 0.1) is 24.3 Å². The monoisotopic (exact) mass is 481 g/mol. The summed E-state index contributed by atoms with van der Waals surface area (Å²) in [6.07, 6.45) is 1.35. The van der Waals surface area contributed by atoms with Gasteiger partial charge in [0.1, 0.15) is 11.6 Å². The number of furan rings is 1. The van der Waals surface area contributed by atoms with Crippen LogP contribution in [0.1, 0.15) is 17.5 Å². The molecule has 0 saturated carbocycles. The third-order valence-corrected chi connectivity index (χ3v) is 5.47. The summed E-state index contributed by atoms with van der Waals surface area (Å²) in [7, 11) is 0. The lowest BCUT2D eigenvalue weighted by Gasteiger charge is -2.12. The topological polar surface area (TPSA) is 111 Å². The van der Waals surface area contributed by atoms with E-state index >= 15 is 0 Å². The van der Waals surface area contributed by atoms with Crippen molar-refractivity contribution in [3.05, 3.63) is 78.5 Å². The highest BCUT2D eigenvalue weighted by atomic mass is 32.2. The zero-order valence-corrected chi connectivity index (χ0v) is 18.8. The van der Waals surface area contributed by atoms with Gasteiger partial charge in [0.2, 0.25) is 5.91 Å². The molecule has 0 spiro atoms. The van der Waals surface area contributed by atoms with E-state index in [1.165, 1.54) is 18.4 Å². The summed E-state index contributed by atoms with van der Waals surface area (Å²) in [6, 6.07) is 16.4. The van der Waals surface area contributed by atoms with Crippen LogP contribution in [-0.4, -0.2) is 38.9 Å². The van der Waals surface area contributed by atoms with Gasteiger partial charge in [-0.25, -0.2) is 4.39 Å². The molecule has 0 radical (unpaired) electrons. The van der Waals surface area contributed by atoms with E-state index in [-0.39, 0.29) is 17.2 Å². The zero-order chi connectivity index (χ0) is 23.9. The summed E-state index contributed by atoms with van der Waals surface area (Å²) in [5, 5.41) is 8.72. The third-order valence-electron chi connectivity index (χ3n) is 4.54. The third kappa shape index (κ3) is 5.26. The molecule has 0 unspecified atom stereocenters. The van der Waals surface area contributed by atoms with Gasteiger partial charge in [-0.2, -0.15) is 0 Å². The van der Waals surface area contributed by atoms with E-state index in [1.807, 2.05) is 6.92 Å². The molecular weight excluding hydrogens is 461 g/mol. The van der Waals surface area contributed by atoms with Crippen molar-refractivity contribution in [3.8, 4) is 22.8 Å². The molecule has 0 atom stereocenters. The summed E-state index contributed by atoms with van der Waals surface area (Å²) >= 11 is 1.05. The van der Waals surface area contributed by atoms with Gasteiger partial charge in [-0.05, 0) is 55.5 Å². The lowest BCUT2D eigenvalue weighted by Crippen LogP contribution is -2.42. The van der Waals surface area contributed by atoms with Gasteiger partial charge in [-0.1, -0.05) is 23.9 Å². The average Bonchev–Trinajstić information content (AvgIpc) is 3.53. The van der Waals surface area contributed by atoms with Crippen LogP contribution in [0.25, 0.3) is 17.1 Å². The number of carbonyl (C=O) groups is 2. The maximum absolute atomic E-state index is 14.7. The fourth-order valence-corrected chi connectivity index (χ4v) is 3.77. The molecule has 0 aliphatic heterocycles. The SMILES string of the molecule is CCOc1ccc(-c2nnc(SCC(=O)NNC(=O)c3ccco3)n2-c2ccccc2F)cc1. The van der Waals surface area contributed by atoms with Gasteiger partial charge >= 0.3 is 5.91 Å². The first-order valence-electron chi connectivity index (χ1n) is 10.3. The summed E-state index contributed by atoms with van der Waals surface area (Å²) in [6.45, 7) is 2.43. The number of halogens is 1. The Hall–Kier alpha value is -4.12. The van der Waals surface area contributed by atoms with Crippen LogP contribution in [0.5, 0.6) is 5.75 Å². The highest BCUT2D eigenvalue weighted by Crippen LogP contribution is 2.30. The molecule has 2 aromatic carbocycles. The highest BCUT2D eigenvalue weighted by Gasteiger charge is 2.20. The normalized spacial score (nSPS) is 10.6. The fourth-order valence-electron chi connectivity index (χ4n) is 3.03. The number of rotatable bonds is 8. The van der Waals surface area contributed by atoms with Crippen LogP contribution in [0.2, 0.25) is 0 Å². The molecule has 0 aliphatic rings. The first-order chi connectivity index (χ1) is 16.6. The summed E-state index contributed by atoms with van der Waals surface area (Å²) < 4.78 is 26.7. The second-order valence-corrected chi connectivity index (χ2v) is 7.76. The molecule has 174 valence electrons. The van der Waals surface area contributed by atoms with Gasteiger partial charge in [0.25, 0.3) is 0 Å². The first-order valence-corrected chi connectivity index (χ1v) is 11.2. The molecular formula is C23H20FN5O4S. The molecule has 11 heteroatoms. The number of hydrazine groups is 1. The van der Waals surface area contributed by atoms with E-state index in [0.29, 0.717) is 28.9 Å². The van der Waals surface area contributed by atoms with Crippen LogP contribution < -0.4 is 15.6 Å². The van der Waals surface area contributed by atoms with E-state index in [0.717, 1.165) is 11.8 Å². The number of ether oxygens (including phenoxy) is 1. The molecule has 0 bridgehead atoms. The number of aromatic nitrogens is 3. The Balaban J connectivity index is 1.53. The van der Waals surface area contributed by atoms with Crippen molar-refractivity contribution < 1.29 is 23.1 Å². The van der Waals surface area contributed by atoms with E-state index in [9.17, 15) is 14.0 Å². The molecule has 2 aromatic heterocycles. The van der Waals surface area contributed by atoms with E-state index < -0.39 is 17.6 Å². The van der Waals surface area contributed by atoms with Crippen molar-refractivity contribution in [1.82, 2.24) is 25.6 Å². The van der Waals surface area contributed by atoms with Crippen LogP contribution in [-0.2, 0) is 4.79 Å². The molecule has 0 saturated heterocycles. The maximum atomic E-state index is 14.7. The molecule has 2 amide bonds. The Labute approximate surface area is 198 Å². The van der Waals surface area contributed by atoms with Crippen LogP contribution in [0, 0.1) is 5.82 Å². The zero-order valence-electron chi connectivity index (χ0n) is 18.0. The average molecular weight is 482 g/mol. The number of para-hydroxylation sites is 1. The van der Waals surface area contributed by atoms with Crippen LogP contribution in [0.3, 0.4) is 0 Å². The Morgan fingerprint density at radius 1 is 1.06 bits per heavy atom. The number of benzene rings is 2. The number of amides is 2. The lowest BCUT2D eigenvalue weighted by molar-refractivity contribution is -0.119. The van der Waals surface area contributed by atoms with Crippen LogP contribution >= 0.6 is 11.8 Å². The molecule has 2 heterocycles. The second kappa shape index (κ2) is 10.7. The minimum absolute atomic E-state index is 0.0623. The molecule has 34 heavy (non-hydrogen) atoms. The molecule has 4 aromatic rings. The highest BCUT2D eigenvalue weighted by molar-refractivity contribution is 7.99. The van der Waals surface area contributed by atoms with Gasteiger partial charge in [0.15, 0.2) is 16.7 Å². The quantitative estimate of drug-likeness (QED) is 0.292. The van der Waals surface area contributed by atoms with Crippen molar-refractivity contribution in [3.63, 3.8) is 0 Å². The Morgan fingerprint density at radius 2 is 1.85 bits per heavy atom. The van der Waals surface area contributed by atoms with Crippen molar-refractivity contribution in [2.75, 3.05) is 12.4 Å². The van der Waals surface area contributed by atoms with Crippen molar-refractivity contribution in [2.45, 2.75) is 12.1 Å². The standard InChI is InChI=1S/C23H20FN5O4S/c1-2-32-16-11-9-15(10-12-16)21-26-28-23(29(21)18-7-4-3-6-17(18)24)34-14-20(30)25-27-22(31)19-8-5-13-33-19/h3-13H,2,14H2,1H3,(H,25,30)(H,27,31). The minimum atomic E-state index is -0.587. The lowest BCUT2D eigenvalue weighted by atomic mass is 10.2. The van der Waals surface area contributed by atoms with E-state index in [4.69, 9.17) is 9.15 Å². The van der Waals surface area contributed by atoms with E-state index in [1.54, 1.807) is 53.1 Å². The van der Waals surface area contributed by atoms with Gasteiger partial charge < -0.3 is 9.15 Å². The number of hydrogen-bond donors (Lipinski definition) is 2. The van der Waals surface area contributed by atoms with Crippen LogP contribution in [0.15, 0.2) is 76.5 Å². The van der Waals surface area contributed by atoms with Gasteiger partial charge in [-0.3, -0.25) is 25.0 Å². The fraction of sp³-hybridized carbons (Fsp3) is 0.130. The molecule has 0 fully saturated rings. The van der Waals surface area contributed by atoms with Gasteiger partial charge in [-0.15, -0.1) is 10.2 Å². The summed E-state index contributed by atoms with van der Waals surface area (Å²) in [5.41, 5.74) is 5.50. The molecule has 2 N–H and O–H groups in total. The number of nitrogens with one attached hydrogen (secondary N) is 2. The maximum Gasteiger partial charge on any atom is 0.305 e. The Kier molecular flexibility index (Phi) is 7.23. The summed E-state index contributed by atoms with van der Waals surface area (Å²) in [4.78, 5) is 24.1. The predicted octanol–water partition coefficient (Wildman–Crippen LogP) is 3.62. The van der Waals surface area contributed by atoms with E-state index in [2.05, 4.69) is 21.0 Å². The van der Waals surface area contributed by atoms with Gasteiger partial charge in [0, 0.05) is 5.56 Å². The Morgan fingerprint density at radius 3 is 2.56 bits per heavy atom. The van der Waals surface area contributed by atoms with Crippen LogP contribution in [0.4, 0.5) is 4.39 Å². The Bertz CT molecular complexity index is 1280. The van der Waals surface area contributed by atoms with Crippen molar-refractivity contribution in [2.24, 2.45) is 0 Å². The number of nitrogens with zero attached hydrogens (tertiary/aromatic N) is 3. The molecule has 0 aliphatic carbocycles. The number of thioether (sulfide) groups is 1. The largest absolute Gasteiger partial charge is 0.494 e. The molecule has 4 rings (SSSR count). The smallest absolute Gasteiger partial charge is 0.305 e. The molecule has 9 nitrogen and oxygen atoms in total. The van der Waals surface area contributed by atoms with Crippen molar-refractivity contribution in [1.29, 1.82) is 0 Å². The summed E-state index contributed by atoms with van der Waals surface area (Å²) in [5.74, 6) is -0.479. The van der Waals surface area contributed by atoms with Crippen molar-refractivity contribution >= 4 is 23.6 Å². The predicted molar refractivity (Wildman–Crippen MR) is 123 cm³/mol. The first kappa shape index (κ1) is 23.1.